The Labute approximate surface area is 143 Å². The average Bonchev–Trinajstić information content (AvgIpc) is 2.60. The summed E-state index contributed by atoms with van der Waals surface area (Å²) in [5.74, 6) is 3.30. The molecule has 0 spiro atoms. The van der Waals surface area contributed by atoms with Crippen molar-refractivity contribution in [3.63, 3.8) is 0 Å². The molecule has 25 heavy (non-hydrogen) atoms. The van der Waals surface area contributed by atoms with Crippen LogP contribution in [0.2, 0.25) is 0 Å². The first-order valence-corrected chi connectivity index (χ1v) is 7.18. The third kappa shape index (κ3) is 4.69. The molecular weight excluding hydrogens is 326 g/mol. The first kappa shape index (κ1) is 17.8. The molecule has 0 unspecified atom stereocenters. The van der Waals surface area contributed by atoms with Crippen LogP contribution in [0.4, 0.5) is 17.1 Å². The molecule has 0 bridgehead atoms. The molecular formula is C16H17N5O4. The van der Waals surface area contributed by atoms with E-state index in [0.29, 0.717) is 22.6 Å². The fourth-order valence-electron chi connectivity index (χ4n) is 1.99. The van der Waals surface area contributed by atoms with Crippen molar-refractivity contribution in [2.24, 2.45) is 5.84 Å². The summed E-state index contributed by atoms with van der Waals surface area (Å²) in [5, 5.41) is 13.5. The lowest BCUT2D eigenvalue weighted by atomic mass is 10.1. The summed E-state index contributed by atoms with van der Waals surface area (Å²) in [6, 6.07) is 10.6. The SMILES string of the molecule is NNc1cc(C(=O)Nc2ccc(C(=O)NCC(=O)O)cc2)ccc1N. The van der Waals surface area contributed by atoms with Crippen LogP contribution in [0.5, 0.6) is 0 Å². The number of nitrogens with two attached hydrogens (primary N) is 2. The molecule has 9 heteroatoms. The molecule has 0 aliphatic heterocycles. The maximum atomic E-state index is 12.2. The molecule has 0 aliphatic carbocycles. The van der Waals surface area contributed by atoms with E-state index >= 15 is 0 Å². The number of amides is 2. The normalized spacial score (nSPS) is 9.96. The van der Waals surface area contributed by atoms with Crippen molar-refractivity contribution in [1.29, 1.82) is 0 Å². The Kier molecular flexibility index (Phi) is 5.54. The van der Waals surface area contributed by atoms with Gasteiger partial charge >= 0.3 is 5.97 Å². The van der Waals surface area contributed by atoms with Crippen molar-refractivity contribution in [3.8, 4) is 0 Å². The molecule has 0 saturated heterocycles. The second kappa shape index (κ2) is 7.79. The van der Waals surface area contributed by atoms with Crippen LogP contribution in [0.15, 0.2) is 42.5 Å². The Balaban J connectivity index is 2.04. The van der Waals surface area contributed by atoms with E-state index in [4.69, 9.17) is 16.7 Å². The predicted molar refractivity (Wildman–Crippen MR) is 93.0 cm³/mol. The first-order chi connectivity index (χ1) is 11.9. The minimum Gasteiger partial charge on any atom is -0.480 e. The molecule has 9 nitrogen and oxygen atoms in total. The fraction of sp³-hybridized carbons (Fsp3) is 0.0625. The lowest BCUT2D eigenvalue weighted by Crippen LogP contribution is -2.29. The van der Waals surface area contributed by atoms with Crippen LogP contribution in [-0.2, 0) is 4.79 Å². The number of hydrogen-bond acceptors (Lipinski definition) is 6. The molecule has 2 amide bonds. The maximum absolute atomic E-state index is 12.2. The van der Waals surface area contributed by atoms with Gasteiger partial charge in [0.25, 0.3) is 11.8 Å². The van der Waals surface area contributed by atoms with Crippen LogP contribution in [0.1, 0.15) is 20.7 Å². The van der Waals surface area contributed by atoms with E-state index in [0.717, 1.165) is 0 Å². The standard InChI is InChI=1S/C16H17N5O4/c17-12-6-3-10(7-13(12)21-18)16(25)20-11-4-1-9(2-5-11)15(24)19-8-14(22)23/h1-7,21H,8,17-18H2,(H,19,24)(H,20,25)(H,22,23). The molecule has 0 heterocycles. The molecule has 0 atom stereocenters. The third-order valence-corrected chi connectivity index (χ3v) is 3.28. The summed E-state index contributed by atoms with van der Waals surface area (Å²) in [4.78, 5) is 34.4. The van der Waals surface area contributed by atoms with E-state index in [-0.39, 0.29) is 11.5 Å². The zero-order chi connectivity index (χ0) is 18.4. The molecule has 0 fully saturated rings. The predicted octanol–water partition coefficient (Wildman–Crippen LogP) is 0.621. The van der Waals surface area contributed by atoms with Crippen LogP contribution in [-0.4, -0.2) is 29.4 Å². The van der Waals surface area contributed by atoms with Crippen LogP contribution >= 0.6 is 0 Å². The van der Waals surface area contributed by atoms with Crippen molar-refractivity contribution in [1.82, 2.24) is 5.32 Å². The first-order valence-electron chi connectivity index (χ1n) is 7.18. The highest BCUT2D eigenvalue weighted by atomic mass is 16.4. The zero-order valence-corrected chi connectivity index (χ0v) is 13.1. The van der Waals surface area contributed by atoms with Gasteiger partial charge in [-0.2, -0.15) is 0 Å². The van der Waals surface area contributed by atoms with Gasteiger partial charge in [0.05, 0.1) is 11.4 Å². The van der Waals surface area contributed by atoms with Crippen molar-refractivity contribution in [2.75, 3.05) is 23.0 Å². The van der Waals surface area contributed by atoms with Gasteiger partial charge in [0.15, 0.2) is 0 Å². The van der Waals surface area contributed by atoms with E-state index in [1.54, 1.807) is 12.1 Å². The highest BCUT2D eigenvalue weighted by Crippen LogP contribution is 2.20. The lowest BCUT2D eigenvalue weighted by Gasteiger charge is -2.09. The second-order valence-corrected chi connectivity index (χ2v) is 5.05. The Hall–Kier alpha value is -3.59. The van der Waals surface area contributed by atoms with Gasteiger partial charge in [0.2, 0.25) is 0 Å². The van der Waals surface area contributed by atoms with Crippen LogP contribution in [0.3, 0.4) is 0 Å². The Bertz CT molecular complexity index is 805. The number of carbonyl (C=O) groups is 3. The number of nitrogens with one attached hydrogen (secondary N) is 3. The van der Waals surface area contributed by atoms with Gasteiger partial charge in [-0.05, 0) is 42.5 Å². The molecule has 2 aromatic rings. The minimum atomic E-state index is -1.13. The minimum absolute atomic E-state index is 0.279. The second-order valence-electron chi connectivity index (χ2n) is 5.05. The number of carboxylic acids is 1. The van der Waals surface area contributed by atoms with Gasteiger partial charge in [-0.15, -0.1) is 0 Å². The Morgan fingerprint density at radius 2 is 1.60 bits per heavy atom. The molecule has 0 aliphatic rings. The van der Waals surface area contributed by atoms with Crippen molar-refractivity contribution >= 4 is 34.8 Å². The molecule has 2 rings (SSSR count). The van der Waals surface area contributed by atoms with Crippen LogP contribution in [0, 0.1) is 0 Å². The summed E-state index contributed by atoms with van der Waals surface area (Å²) in [6.45, 7) is -0.466. The van der Waals surface area contributed by atoms with Crippen LogP contribution < -0.4 is 27.6 Å². The smallest absolute Gasteiger partial charge is 0.322 e. The average molecular weight is 343 g/mol. The summed E-state index contributed by atoms with van der Waals surface area (Å²) in [5.41, 5.74) is 10.0. The number of aliphatic carboxylic acids is 1. The number of carboxylic acid groups (broad SMARTS) is 1. The molecule has 8 N–H and O–H groups in total. The summed E-state index contributed by atoms with van der Waals surface area (Å²) < 4.78 is 0. The largest absolute Gasteiger partial charge is 0.480 e. The quantitative estimate of drug-likeness (QED) is 0.255. The van der Waals surface area contributed by atoms with E-state index < -0.39 is 18.4 Å². The number of nitrogen functional groups attached to an aromatic ring is 2. The van der Waals surface area contributed by atoms with Crippen molar-refractivity contribution < 1.29 is 19.5 Å². The molecule has 2 aromatic carbocycles. The number of anilines is 3. The number of carbonyl (C=O) groups excluding carboxylic acids is 2. The Morgan fingerprint density at radius 1 is 0.960 bits per heavy atom. The summed E-state index contributed by atoms with van der Waals surface area (Å²) in [6.07, 6.45) is 0. The molecule has 130 valence electrons. The fourth-order valence-corrected chi connectivity index (χ4v) is 1.99. The monoisotopic (exact) mass is 343 g/mol. The maximum Gasteiger partial charge on any atom is 0.322 e. The summed E-state index contributed by atoms with van der Waals surface area (Å²) >= 11 is 0. The number of hydrogen-bond donors (Lipinski definition) is 6. The van der Waals surface area contributed by atoms with Gasteiger partial charge in [-0.3, -0.25) is 20.2 Å². The molecule has 0 radical (unpaired) electrons. The van der Waals surface area contributed by atoms with E-state index in [2.05, 4.69) is 16.1 Å². The van der Waals surface area contributed by atoms with Gasteiger partial charge in [0, 0.05) is 16.8 Å². The molecule has 0 saturated carbocycles. The van der Waals surface area contributed by atoms with Crippen molar-refractivity contribution in [3.05, 3.63) is 53.6 Å². The highest BCUT2D eigenvalue weighted by molar-refractivity contribution is 6.05. The molecule has 0 aromatic heterocycles. The Morgan fingerprint density at radius 3 is 2.20 bits per heavy atom. The zero-order valence-electron chi connectivity index (χ0n) is 13.1. The third-order valence-electron chi connectivity index (χ3n) is 3.28. The van der Waals surface area contributed by atoms with E-state index in [9.17, 15) is 14.4 Å². The van der Waals surface area contributed by atoms with E-state index in [1.165, 1.54) is 30.3 Å². The van der Waals surface area contributed by atoms with Gasteiger partial charge < -0.3 is 26.9 Å². The van der Waals surface area contributed by atoms with E-state index in [1.807, 2.05) is 0 Å². The number of hydrazine groups is 1. The van der Waals surface area contributed by atoms with Gasteiger partial charge in [-0.1, -0.05) is 0 Å². The van der Waals surface area contributed by atoms with Crippen molar-refractivity contribution in [2.45, 2.75) is 0 Å². The lowest BCUT2D eigenvalue weighted by molar-refractivity contribution is -0.135. The number of rotatable bonds is 6. The number of benzene rings is 2. The van der Waals surface area contributed by atoms with Gasteiger partial charge in [0.1, 0.15) is 6.54 Å². The van der Waals surface area contributed by atoms with Gasteiger partial charge in [-0.25, -0.2) is 0 Å². The highest BCUT2D eigenvalue weighted by Gasteiger charge is 2.10. The topological polar surface area (TPSA) is 160 Å². The van der Waals surface area contributed by atoms with Crippen LogP contribution in [0.25, 0.3) is 0 Å². The summed E-state index contributed by atoms with van der Waals surface area (Å²) in [7, 11) is 0.